The molecule has 0 N–H and O–H groups in total. The Morgan fingerprint density at radius 2 is 2.12 bits per heavy atom. The van der Waals surface area contributed by atoms with Gasteiger partial charge in [-0.3, -0.25) is 9.78 Å². The van der Waals surface area contributed by atoms with E-state index < -0.39 is 0 Å². The smallest absolute Gasteiger partial charge is 0.222 e. The van der Waals surface area contributed by atoms with E-state index in [1.165, 1.54) is 0 Å². The predicted molar refractivity (Wildman–Crippen MR) is 90.7 cm³/mol. The second kappa shape index (κ2) is 6.67. The highest BCUT2D eigenvalue weighted by atomic mass is 16.5. The molecule has 1 aromatic rings. The summed E-state index contributed by atoms with van der Waals surface area (Å²) < 4.78 is 5.74. The van der Waals surface area contributed by atoms with Gasteiger partial charge in [-0.05, 0) is 37.5 Å². The van der Waals surface area contributed by atoms with Crippen LogP contribution >= 0.6 is 0 Å². The van der Waals surface area contributed by atoms with Crippen molar-refractivity contribution in [3.63, 3.8) is 0 Å². The number of likely N-dealkylation sites (tertiary alicyclic amines) is 1. The van der Waals surface area contributed by atoms with Gasteiger partial charge < -0.3 is 14.5 Å². The van der Waals surface area contributed by atoms with Crippen LogP contribution in [0.5, 0.6) is 0 Å². The Bertz CT molecular complexity index is 566. The van der Waals surface area contributed by atoms with Crippen molar-refractivity contribution in [2.75, 3.05) is 37.7 Å². The van der Waals surface area contributed by atoms with Crippen LogP contribution in [0, 0.1) is 5.41 Å². The van der Waals surface area contributed by atoms with Crippen LogP contribution in [0.4, 0.5) is 5.82 Å². The van der Waals surface area contributed by atoms with E-state index in [-0.39, 0.29) is 11.5 Å². The number of piperidine rings is 2. The molecule has 4 rings (SSSR count). The zero-order valence-corrected chi connectivity index (χ0v) is 14.2. The molecule has 0 saturated carbocycles. The Hall–Kier alpha value is -1.69. The van der Waals surface area contributed by atoms with Crippen LogP contribution in [0.1, 0.15) is 38.5 Å². The number of carbonyl (C=O) groups is 1. The van der Waals surface area contributed by atoms with E-state index in [9.17, 15) is 4.79 Å². The minimum absolute atomic E-state index is 0.254. The molecule has 1 aromatic heterocycles. The summed E-state index contributed by atoms with van der Waals surface area (Å²) in [4.78, 5) is 25.3. The highest BCUT2D eigenvalue weighted by Crippen LogP contribution is 2.41. The van der Waals surface area contributed by atoms with E-state index in [2.05, 4.69) is 19.8 Å². The Labute approximate surface area is 143 Å². The number of nitrogens with zero attached hydrogens (tertiary/aromatic N) is 4. The zero-order valence-electron chi connectivity index (χ0n) is 14.2. The molecule has 6 nitrogen and oxygen atoms in total. The summed E-state index contributed by atoms with van der Waals surface area (Å²) in [7, 11) is 0. The summed E-state index contributed by atoms with van der Waals surface area (Å²) in [6, 6.07) is 0. The molecule has 4 heterocycles. The van der Waals surface area contributed by atoms with Gasteiger partial charge >= 0.3 is 0 Å². The fourth-order valence-electron chi connectivity index (χ4n) is 4.38. The number of anilines is 1. The van der Waals surface area contributed by atoms with Crippen molar-refractivity contribution in [1.29, 1.82) is 0 Å². The lowest BCUT2D eigenvalue weighted by Crippen LogP contribution is -2.53. The molecule has 0 bridgehead atoms. The number of carbonyl (C=O) groups excluding carboxylic acids is 1. The normalized spacial score (nSPS) is 27.0. The number of hydrogen-bond acceptors (Lipinski definition) is 5. The number of rotatable bonds is 3. The Balaban J connectivity index is 1.38. The van der Waals surface area contributed by atoms with Gasteiger partial charge in [-0.25, -0.2) is 4.98 Å². The van der Waals surface area contributed by atoms with Crippen LogP contribution in [0.15, 0.2) is 18.6 Å². The summed E-state index contributed by atoms with van der Waals surface area (Å²) in [5.41, 5.74) is 0.283. The van der Waals surface area contributed by atoms with Crippen LogP contribution in [0.25, 0.3) is 0 Å². The summed E-state index contributed by atoms with van der Waals surface area (Å²) in [5.74, 6) is 1.28. The number of aromatic nitrogens is 2. The maximum Gasteiger partial charge on any atom is 0.222 e. The minimum Gasteiger partial charge on any atom is -0.376 e. The van der Waals surface area contributed by atoms with Crippen LogP contribution in [0.3, 0.4) is 0 Å². The first kappa shape index (κ1) is 15.8. The lowest BCUT2D eigenvalue weighted by Gasteiger charge is -2.48. The van der Waals surface area contributed by atoms with E-state index in [1.54, 1.807) is 12.4 Å². The average Bonchev–Trinajstić information content (AvgIpc) is 3.13. The molecule has 24 heavy (non-hydrogen) atoms. The predicted octanol–water partition coefficient (Wildman–Crippen LogP) is 1.86. The van der Waals surface area contributed by atoms with E-state index in [1.807, 2.05) is 6.20 Å². The van der Waals surface area contributed by atoms with E-state index in [0.29, 0.717) is 12.3 Å². The highest BCUT2D eigenvalue weighted by Gasteiger charge is 2.41. The number of amides is 1. The second-order valence-corrected chi connectivity index (χ2v) is 7.46. The van der Waals surface area contributed by atoms with Gasteiger partial charge in [0.05, 0.1) is 12.3 Å². The van der Waals surface area contributed by atoms with E-state index in [0.717, 1.165) is 70.7 Å². The molecule has 1 spiro atoms. The average molecular weight is 330 g/mol. The molecule has 1 amide bonds. The Kier molecular flexibility index (Phi) is 4.39. The quantitative estimate of drug-likeness (QED) is 0.847. The third-order valence-electron chi connectivity index (χ3n) is 5.89. The van der Waals surface area contributed by atoms with Crippen molar-refractivity contribution >= 4 is 11.7 Å². The van der Waals surface area contributed by atoms with Crippen molar-refractivity contribution in [1.82, 2.24) is 14.9 Å². The molecular formula is C18H26N4O2. The minimum atomic E-state index is 0.254. The third kappa shape index (κ3) is 3.24. The molecule has 6 heteroatoms. The van der Waals surface area contributed by atoms with Gasteiger partial charge in [0, 0.05) is 51.6 Å². The van der Waals surface area contributed by atoms with Gasteiger partial charge in [-0.2, -0.15) is 0 Å². The van der Waals surface area contributed by atoms with Gasteiger partial charge in [-0.1, -0.05) is 0 Å². The lowest BCUT2D eigenvalue weighted by atomic mass is 9.72. The van der Waals surface area contributed by atoms with E-state index in [4.69, 9.17) is 4.74 Å². The van der Waals surface area contributed by atoms with Crippen LogP contribution in [-0.2, 0) is 9.53 Å². The Morgan fingerprint density at radius 1 is 1.25 bits per heavy atom. The summed E-state index contributed by atoms with van der Waals surface area (Å²) >= 11 is 0. The molecule has 1 atom stereocenters. The number of ether oxygens (including phenoxy) is 1. The van der Waals surface area contributed by atoms with Crippen molar-refractivity contribution in [3.05, 3.63) is 18.6 Å². The van der Waals surface area contributed by atoms with Gasteiger partial charge in [0.1, 0.15) is 5.82 Å². The standard InChI is InChI=1S/C18H26N4O2/c23-17-3-4-18(14-22(17)13-15-2-1-11-24-15)5-9-21(10-6-18)16-12-19-7-8-20-16/h7-8,12,15H,1-6,9-11,13-14H2/t15-/m1/s1. The van der Waals surface area contributed by atoms with E-state index >= 15 is 0 Å². The molecule has 0 unspecified atom stereocenters. The maximum atomic E-state index is 12.3. The van der Waals surface area contributed by atoms with Gasteiger partial charge in [0.2, 0.25) is 5.91 Å². The molecule has 130 valence electrons. The van der Waals surface area contributed by atoms with Crippen LogP contribution < -0.4 is 4.90 Å². The maximum absolute atomic E-state index is 12.3. The van der Waals surface area contributed by atoms with Crippen molar-refractivity contribution in [2.45, 2.75) is 44.6 Å². The largest absolute Gasteiger partial charge is 0.376 e. The molecule has 3 aliphatic rings. The molecule has 0 radical (unpaired) electrons. The molecule has 3 aliphatic heterocycles. The monoisotopic (exact) mass is 330 g/mol. The first-order valence-electron chi connectivity index (χ1n) is 9.15. The van der Waals surface area contributed by atoms with Crippen molar-refractivity contribution < 1.29 is 9.53 Å². The SMILES string of the molecule is O=C1CCC2(CCN(c3cnccn3)CC2)CN1C[C@H]1CCCO1. The topological polar surface area (TPSA) is 58.6 Å². The van der Waals surface area contributed by atoms with Gasteiger partial charge in [0.25, 0.3) is 0 Å². The first-order valence-corrected chi connectivity index (χ1v) is 9.15. The van der Waals surface area contributed by atoms with Crippen LogP contribution in [0.2, 0.25) is 0 Å². The van der Waals surface area contributed by atoms with Crippen LogP contribution in [-0.4, -0.2) is 59.7 Å². The summed E-state index contributed by atoms with van der Waals surface area (Å²) in [6.45, 7) is 4.54. The summed E-state index contributed by atoms with van der Waals surface area (Å²) in [6.07, 6.45) is 11.8. The van der Waals surface area contributed by atoms with Gasteiger partial charge in [0.15, 0.2) is 0 Å². The first-order chi connectivity index (χ1) is 11.7. The molecule has 3 saturated heterocycles. The zero-order chi connectivity index (χ0) is 16.4. The highest BCUT2D eigenvalue weighted by molar-refractivity contribution is 5.77. The fraction of sp³-hybridized carbons (Fsp3) is 0.722. The van der Waals surface area contributed by atoms with Crippen molar-refractivity contribution in [2.24, 2.45) is 5.41 Å². The lowest BCUT2D eigenvalue weighted by molar-refractivity contribution is -0.140. The van der Waals surface area contributed by atoms with Gasteiger partial charge in [-0.15, -0.1) is 0 Å². The Morgan fingerprint density at radius 3 is 2.83 bits per heavy atom. The second-order valence-electron chi connectivity index (χ2n) is 7.46. The molecular weight excluding hydrogens is 304 g/mol. The van der Waals surface area contributed by atoms with Crippen molar-refractivity contribution in [3.8, 4) is 0 Å². The molecule has 0 aliphatic carbocycles. The molecule has 3 fully saturated rings. The number of hydrogen-bond donors (Lipinski definition) is 0. The fourth-order valence-corrected chi connectivity index (χ4v) is 4.38. The third-order valence-corrected chi connectivity index (χ3v) is 5.89. The molecule has 0 aromatic carbocycles. The summed E-state index contributed by atoms with van der Waals surface area (Å²) in [5, 5.41) is 0.